The van der Waals surface area contributed by atoms with Crippen LogP contribution in [0.15, 0.2) is 39.5 Å². The highest BCUT2D eigenvalue weighted by Crippen LogP contribution is 2.32. The third-order valence-electron chi connectivity index (χ3n) is 4.61. The van der Waals surface area contributed by atoms with E-state index in [2.05, 4.69) is 10.3 Å². The van der Waals surface area contributed by atoms with E-state index in [4.69, 9.17) is 9.15 Å². The van der Waals surface area contributed by atoms with Gasteiger partial charge in [-0.2, -0.15) is 0 Å². The van der Waals surface area contributed by atoms with Gasteiger partial charge in [0.2, 0.25) is 0 Å². The number of fused-ring (bicyclic) bond motifs is 1. The quantitative estimate of drug-likeness (QED) is 0.711. The molecule has 0 spiro atoms. The number of ether oxygens (including phenoxy) is 1. The molecule has 1 aliphatic heterocycles. The summed E-state index contributed by atoms with van der Waals surface area (Å²) in [7, 11) is 0. The Morgan fingerprint density at radius 1 is 1.35 bits per heavy atom. The van der Waals surface area contributed by atoms with Gasteiger partial charge in [-0.25, -0.2) is 9.78 Å². The summed E-state index contributed by atoms with van der Waals surface area (Å²) in [5.74, 6) is -0.208. The van der Waals surface area contributed by atoms with Crippen molar-refractivity contribution in [2.24, 2.45) is 0 Å². The molecule has 2 aromatic heterocycles. The molecule has 0 aliphatic carbocycles. The molecule has 7 heteroatoms. The smallest absolute Gasteiger partial charge is 0.345 e. The maximum absolute atomic E-state index is 12.5. The van der Waals surface area contributed by atoms with Gasteiger partial charge in [0.25, 0.3) is 5.91 Å². The van der Waals surface area contributed by atoms with E-state index in [9.17, 15) is 9.59 Å². The number of thiazole rings is 1. The first-order valence-electron chi connectivity index (χ1n) is 8.42. The molecule has 0 radical (unpaired) electrons. The van der Waals surface area contributed by atoms with Crippen molar-refractivity contribution in [1.29, 1.82) is 0 Å². The summed E-state index contributed by atoms with van der Waals surface area (Å²) < 4.78 is 11.0. The van der Waals surface area contributed by atoms with Gasteiger partial charge in [0.15, 0.2) is 5.13 Å². The van der Waals surface area contributed by atoms with E-state index in [-0.39, 0.29) is 5.91 Å². The number of rotatable bonds is 3. The van der Waals surface area contributed by atoms with E-state index in [0.717, 1.165) is 16.7 Å². The second-order valence-electron chi connectivity index (χ2n) is 6.55. The summed E-state index contributed by atoms with van der Waals surface area (Å²) in [5.41, 5.74) is 0.195. The average Bonchev–Trinajstić information content (AvgIpc) is 3.21. The van der Waals surface area contributed by atoms with E-state index in [1.54, 1.807) is 19.1 Å². The summed E-state index contributed by atoms with van der Waals surface area (Å²) in [5, 5.41) is 4.10. The Morgan fingerprint density at radius 3 is 2.92 bits per heavy atom. The van der Waals surface area contributed by atoms with Gasteiger partial charge < -0.3 is 9.15 Å². The van der Waals surface area contributed by atoms with Crippen LogP contribution >= 0.6 is 11.3 Å². The van der Waals surface area contributed by atoms with Crippen molar-refractivity contribution in [2.45, 2.75) is 32.3 Å². The van der Waals surface area contributed by atoms with Crippen LogP contribution in [-0.4, -0.2) is 23.1 Å². The monoisotopic (exact) mass is 370 g/mol. The molecule has 4 rings (SSSR count). The number of benzene rings is 1. The van der Waals surface area contributed by atoms with E-state index < -0.39 is 11.2 Å². The Balaban J connectivity index is 1.68. The molecule has 6 nitrogen and oxygen atoms in total. The van der Waals surface area contributed by atoms with Gasteiger partial charge in [-0.3, -0.25) is 10.1 Å². The first kappa shape index (κ1) is 16.9. The molecule has 1 N–H and O–H groups in total. The van der Waals surface area contributed by atoms with E-state index in [1.807, 2.05) is 25.1 Å². The summed E-state index contributed by atoms with van der Waals surface area (Å²) in [6, 6.07) is 9.11. The fourth-order valence-electron chi connectivity index (χ4n) is 3.11. The highest BCUT2D eigenvalue weighted by Gasteiger charge is 2.38. The molecule has 0 saturated carbocycles. The van der Waals surface area contributed by atoms with Crippen molar-refractivity contribution in [3.8, 4) is 11.3 Å². The second kappa shape index (κ2) is 6.34. The van der Waals surface area contributed by atoms with Crippen molar-refractivity contribution >= 4 is 33.3 Å². The minimum atomic E-state index is -0.818. The van der Waals surface area contributed by atoms with Crippen LogP contribution in [0.2, 0.25) is 0 Å². The predicted octanol–water partition coefficient (Wildman–Crippen LogP) is 3.73. The van der Waals surface area contributed by atoms with Crippen molar-refractivity contribution in [1.82, 2.24) is 4.98 Å². The molecule has 3 aromatic rings. The topological polar surface area (TPSA) is 81.4 Å². The first-order valence-corrected chi connectivity index (χ1v) is 9.24. The summed E-state index contributed by atoms with van der Waals surface area (Å²) in [6.07, 6.45) is 1.55. The normalized spacial score (nSPS) is 19.8. The minimum Gasteiger partial charge on any atom is -0.422 e. The van der Waals surface area contributed by atoms with Crippen LogP contribution in [0.5, 0.6) is 0 Å². The SMILES string of the molecule is Cc1sc(NC(=O)C2(C)CCCO2)nc1-c1cc2ccccc2oc1=O. The van der Waals surface area contributed by atoms with Gasteiger partial charge in [0.05, 0.1) is 11.3 Å². The first-order chi connectivity index (χ1) is 12.5. The maximum Gasteiger partial charge on any atom is 0.345 e. The molecule has 1 aromatic carbocycles. The van der Waals surface area contributed by atoms with Gasteiger partial charge in [-0.05, 0) is 38.8 Å². The van der Waals surface area contributed by atoms with Crippen LogP contribution in [0.25, 0.3) is 22.2 Å². The van der Waals surface area contributed by atoms with Crippen LogP contribution in [0, 0.1) is 6.92 Å². The summed E-state index contributed by atoms with van der Waals surface area (Å²) in [4.78, 5) is 30.1. The van der Waals surface area contributed by atoms with Gasteiger partial charge in [-0.1, -0.05) is 18.2 Å². The fraction of sp³-hybridized carbons (Fsp3) is 0.316. The number of hydrogen-bond acceptors (Lipinski definition) is 6. The lowest BCUT2D eigenvalue weighted by Gasteiger charge is -2.20. The Morgan fingerprint density at radius 2 is 2.15 bits per heavy atom. The number of para-hydroxylation sites is 1. The Hall–Kier alpha value is -2.51. The van der Waals surface area contributed by atoms with Gasteiger partial charge in [-0.15, -0.1) is 11.3 Å². The van der Waals surface area contributed by atoms with Crippen LogP contribution in [-0.2, 0) is 9.53 Å². The number of nitrogens with one attached hydrogen (secondary N) is 1. The van der Waals surface area contributed by atoms with E-state index in [0.29, 0.717) is 35.0 Å². The number of carbonyl (C=O) groups is 1. The zero-order valence-corrected chi connectivity index (χ0v) is 15.3. The predicted molar refractivity (Wildman–Crippen MR) is 101 cm³/mol. The third kappa shape index (κ3) is 2.93. The molecule has 1 fully saturated rings. The largest absolute Gasteiger partial charge is 0.422 e. The van der Waals surface area contributed by atoms with Crippen molar-refractivity contribution < 1.29 is 13.9 Å². The van der Waals surface area contributed by atoms with Gasteiger partial charge in [0, 0.05) is 16.9 Å². The van der Waals surface area contributed by atoms with Crippen molar-refractivity contribution in [3.63, 3.8) is 0 Å². The maximum atomic E-state index is 12.5. The Kier molecular flexibility index (Phi) is 4.13. The average molecular weight is 370 g/mol. The lowest BCUT2D eigenvalue weighted by molar-refractivity contribution is -0.133. The molecule has 26 heavy (non-hydrogen) atoms. The summed E-state index contributed by atoms with van der Waals surface area (Å²) in [6.45, 7) is 4.24. The number of nitrogens with zero attached hydrogens (tertiary/aromatic N) is 1. The van der Waals surface area contributed by atoms with Crippen molar-refractivity contribution in [2.75, 3.05) is 11.9 Å². The molecule has 1 saturated heterocycles. The second-order valence-corrected chi connectivity index (χ2v) is 7.75. The molecule has 1 aliphatic rings. The Labute approximate surface area is 153 Å². The molecule has 1 amide bonds. The van der Waals surface area contributed by atoms with Crippen LogP contribution in [0.4, 0.5) is 5.13 Å². The van der Waals surface area contributed by atoms with Crippen molar-refractivity contribution in [3.05, 3.63) is 45.6 Å². The molecule has 0 bridgehead atoms. The van der Waals surface area contributed by atoms with Crippen LogP contribution in [0.1, 0.15) is 24.6 Å². The molecule has 134 valence electrons. The van der Waals surface area contributed by atoms with Crippen LogP contribution in [0.3, 0.4) is 0 Å². The molecule has 1 unspecified atom stereocenters. The number of aromatic nitrogens is 1. The standard InChI is InChI=1S/C19H18N2O4S/c1-11-15(13-10-12-6-3-4-7-14(12)25-16(13)22)20-18(26-11)21-17(23)19(2)8-5-9-24-19/h3-4,6-7,10H,5,8-9H2,1-2H3,(H,20,21,23). The molecular weight excluding hydrogens is 352 g/mol. The highest BCUT2D eigenvalue weighted by molar-refractivity contribution is 7.16. The van der Waals surface area contributed by atoms with E-state index in [1.165, 1.54) is 11.3 Å². The molecule has 3 heterocycles. The zero-order valence-electron chi connectivity index (χ0n) is 14.5. The number of amides is 1. The number of carbonyl (C=O) groups excluding carboxylic acids is 1. The lowest BCUT2D eigenvalue weighted by atomic mass is 10.0. The third-order valence-corrected chi connectivity index (χ3v) is 5.50. The molecule has 1 atom stereocenters. The zero-order chi connectivity index (χ0) is 18.3. The minimum absolute atomic E-state index is 0.208. The lowest BCUT2D eigenvalue weighted by Crippen LogP contribution is -2.39. The fourth-order valence-corrected chi connectivity index (χ4v) is 3.94. The number of anilines is 1. The number of hydrogen-bond donors (Lipinski definition) is 1. The summed E-state index contributed by atoms with van der Waals surface area (Å²) >= 11 is 1.33. The Bertz CT molecular complexity index is 1050. The van der Waals surface area contributed by atoms with Gasteiger partial charge in [0.1, 0.15) is 11.2 Å². The molecular formula is C19H18N2O4S. The number of aryl methyl sites for hydroxylation is 1. The van der Waals surface area contributed by atoms with E-state index >= 15 is 0 Å². The van der Waals surface area contributed by atoms with Crippen LogP contribution < -0.4 is 10.9 Å². The highest BCUT2D eigenvalue weighted by atomic mass is 32.1. The van der Waals surface area contributed by atoms with Gasteiger partial charge >= 0.3 is 5.63 Å².